The van der Waals surface area contributed by atoms with Gasteiger partial charge in [-0.2, -0.15) is 5.12 Å². The topological polar surface area (TPSA) is 57.1 Å². The van der Waals surface area contributed by atoms with Crippen LogP contribution >= 0.6 is 11.6 Å². The zero-order valence-corrected chi connectivity index (χ0v) is 6.45. The second kappa shape index (κ2) is 3.92. The molecule has 1 aliphatic heterocycles. The second-order valence-corrected chi connectivity index (χ2v) is 2.19. The highest BCUT2D eigenvalue weighted by molar-refractivity contribution is 6.18. The van der Waals surface area contributed by atoms with E-state index in [4.69, 9.17) is 11.6 Å². The lowest BCUT2D eigenvalue weighted by atomic mass is 10.6. The Morgan fingerprint density at radius 1 is 1.73 bits per heavy atom. The number of amides is 1. The third-order valence-corrected chi connectivity index (χ3v) is 1.16. The van der Waals surface area contributed by atoms with Gasteiger partial charge in [0, 0.05) is 12.0 Å². The van der Waals surface area contributed by atoms with Crippen molar-refractivity contribution in [3.05, 3.63) is 12.3 Å². The monoisotopic (exact) mass is 174 g/mol. The Hall–Kier alpha value is -1.10. The number of halogens is 1. The van der Waals surface area contributed by atoms with Crippen molar-refractivity contribution in [3.63, 3.8) is 0 Å². The van der Waals surface area contributed by atoms with Crippen molar-refractivity contribution in [2.24, 2.45) is 10.3 Å². The van der Waals surface area contributed by atoms with Crippen LogP contribution in [0, 0.1) is 0 Å². The van der Waals surface area contributed by atoms with Gasteiger partial charge >= 0.3 is 0 Å². The van der Waals surface area contributed by atoms with E-state index in [1.54, 1.807) is 0 Å². The minimum atomic E-state index is -0.250. The molecule has 60 valence electrons. The van der Waals surface area contributed by atoms with E-state index in [0.29, 0.717) is 12.4 Å². The zero-order chi connectivity index (χ0) is 8.10. The summed E-state index contributed by atoms with van der Waals surface area (Å²) in [6.45, 7) is 0.443. The summed E-state index contributed by atoms with van der Waals surface area (Å²) in [6.07, 6.45) is 2.61. The molecular weight excluding hydrogens is 168 g/mol. The standard InChI is InChI=1S/C5H7ClN4O/c6-2-4-10-8-5(11)1-3-7-9-10/h1,3H,2,4H2,(H,8,11). The fourth-order valence-electron chi connectivity index (χ4n) is 0.561. The number of carbonyl (C=O) groups excluding carboxylic acids is 1. The average molecular weight is 175 g/mol. The molecule has 11 heavy (non-hydrogen) atoms. The van der Waals surface area contributed by atoms with Crippen LogP contribution < -0.4 is 5.43 Å². The highest BCUT2D eigenvalue weighted by Gasteiger charge is 2.04. The average Bonchev–Trinajstić information content (AvgIpc) is 2.15. The largest absolute Gasteiger partial charge is 0.268 e. The Labute approximate surface area is 68.7 Å². The summed E-state index contributed by atoms with van der Waals surface area (Å²) in [6, 6.07) is 0. The SMILES string of the molecule is O=C1C=CN=NN(CCCl)N1. The van der Waals surface area contributed by atoms with Gasteiger partial charge in [0.1, 0.15) is 0 Å². The summed E-state index contributed by atoms with van der Waals surface area (Å²) in [5, 5.41) is 8.46. The van der Waals surface area contributed by atoms with Crippen molar-refractivity contribution in [1.82, 2.24) is 10.5 Å². The van der Waals surface area contributed by atoms with Gasteiger partial charge in [0.05, 0.1) is 12.7 Å². The van der Waals surface area contributed by atoms with E-state index < -0.39 is 0 Å². The van der Waals surface area contributed by atoms with Crippen molar-refractivity contribution in [1.29, 1.82) is 0 Å². The maximum atomic E-state index is 10.8. The molecule has 1 aliphatic rings. The van der Waals surface area contributed by atoms with Crippen LogP contribution in [0.3, 0.4) is 0 Å². The summed E-state index contributed by atoms with van der Waals surface area (Å²) >= 11 is 5.42. The molecule has 0 bridgehead atoms. The molecule has 0 saturated carbocycles. The summed E-state index contributed by atoms with van der Waals surface area (Å²) in [7, 11) is 0. The number of carbonyl (C=O) groups is 1. The molecule has 0 unspecified atom stereocenters. The molecule has 0 fully saturated rings. The van der Waals surface area contributed by atoms with Gasteiger partial charge < -0.3 is 0 Å². The Balaban J connectivity index is 2.50. The third kappa shape index (κ3) is 2.55. The van der Waals surface area contributed by atoms with Crippen molar-refractivity contribution in [3.8, 4) is 0 Å². The minimum Gasteiger partial charge on any atom is -0.268 e. The first-order valence-corrected chi connectivity index (χ1v) is 3.58. The van der Waals surface area contributed by atoms with Crippen molar-refractivity contribution in [2.75, 3.05) is 12.4 Å². The van der Waals surface area contributed by atoms with Crippen LogP contribution in [0.15, 0.2) is 22.6 Å². The van der Waals surface area contributed by atoms with Gasteiger partial charge in [-0.3, -0.25) is 4.79 Å². The molecule has 0 spiro atoms. The number of hydrogen-bond donors (Lipinski definition) is 1. The van der Waals surface area contributed by atoms with Crippen molar-refractivity contribution >= 4 is 17.5 Å². The molecule has 0 aromatic heterocycles. The second-order valence-electron chi connectivity index (χ2n) is 1.81. The number of alkyl halides is 1. The fourth-order valence-corrected chi connectivity index (χ4v) is 0.721. The van der Waals surface area contributed by atoms with E-state index in [1.807, 2.05) is 0 Å². The van der Waals surface area contributed by atoms with Crippen LogP contribution in [0.2, 0.25) is 0 Å². The Bertz CT molecular complexity index is 203. The molecule has 0 aromatic rings. The Kier molecular flexibility index (Phi) is 2.85. The first-order chi connectivity index (χ1) is 5.33. The molecular formula is C5H7ClN4O. The highest BCUT2D eigenvalue weighted by Crippen LogP contribution is 1.93. The van der Waals surface area contributed by atoms with Gasteiger partial charge in [-0.15, -0.1) is 16.7 Å². The number of hydrazine groups is 1. The molecule has 5 nitrogen and oxygen atoms in total. The molecule has 6 heteroatoms. The smallest absolute Gasteiger partial charge is 0.265 e. The van der Waals surface area contributed by atoms with E-state index >= 15 is 0 Å². The summed E-state index contributed by atoms with van der Waals surface area (Å²) in [5.74, 6) is 0.138. The first kappa shape index (κ1) is 8.00. The number of nitrogens with one attached hydrogen (secondary N) is 1. The lowest BCUT2D eigenvalue weighted by Gasteiger charge is -2.13. The summed E-state index contributed by atoms with van der Waals surface area (Å²) in [5.41, 5.74) is 2.44. The lowest BCUT2D eigenvalue weighted by molar-refractivity contribution is -0.121. The van der Waals surface area contributed by atoms with Crippen LogP contribution in [0.5, 0.6) is 0 Å². The quantitative estimate of drug-likeness (QED) is 0.618. The highest BCUT2D eigenvalue weighted by atomic mass is 35.5. The number of nitrogens with zero attached hydrogens (tertiary/aromatic N) is 3. The van der Waals surface area contributed by atoms with Crippen molar-refractivity contribution in [2.45, 2.75) is 0 Å². The first-order valence-electron chi connectivity index (χ1n) is 3.04. The van der Waals surface area contributed by atoms with Crippen LogP contribution in [-0.2, 0) is 4.79 Å². The Morgan fingerprint density at radius 3 is 3.27 bits per heavy atom. The van der Waals surface area contributed by atoms with Crippen LogP contribution in [0.4, 0.5) is 0 Å². The van der Waals surface area contributed by atoms with Crippen molar-refractivity contribution < 1.29 is 4.79 Å². The summed E-state index contributed by atoms with van der Waals surface area (Å²) < 4.78 is 0. The van der Waals surface area contributed by atoms with Gasteiger partial charge in [0.25, 0.3) is 5.91 Å². The van der Waals surface area contributed by atoms with E-state index in [1.165, 1.54) is 17.4 Å². The van der Waals surface area contributed by atoms with E-state index in [2.05, 4.69) is 15.8 Å². The number of hydrogen-bond acceptors (Lipinski definition) is 4. The van der Waals surface area contributed by atoms with Gasteiger partial charge in [-0.1, -0.05) is 5.22 Å². The molecule has 1 rings (SSSR count). The fraction of sp³-hybridized carbons (Fsp3) is 0.400. The molecule has 0 saturated heterocycles. The van der Waals surface area contributed by atoms with E-state index in [-0.39, 0.29) is 5.91 Å². The molecule has 0 aromatic carbocycles. The minimum absolute atomic E-state index is 0.250. The number of rotatable bonds is 2. The molecule has 0 radical (unpaired) electrons. The van der Waals surface area contributed by atoms with Crippen LogP contribution in [-0.4, -0.2) is 23.4 Å². The van der Waals surface area contributed by atoms with Crippen LogP contribution in [0.1, 0.15) is 0 Å². The lowest BCUT2D eigenvalue weighted by Crippen LogP contribution is -2.37. The molecule has 1 heterocycles. The molecule has 0 aliphatic carbocycles. The third-order valence-electron chi connectivity index (χ3n) is 0.988. The van der Waals surface area contributed by atoms with Gasteiger partial charge in [0.2, 0.25) is 0 Å². The zero-order valence-electron chi connectivity index (χ0n) is 5.70. The Morgan fingerprint density at radius 2 is 2.55 bits per heavy atom. The molecule has 1 N–H and O–H groups in total. The maximum absolute atomic E-state index is 10.8. The summed E-state index contributed by atoms with van der Waals surface area (Å²) in [4.78, 5) is 10.8. The maximum Gasteiger partial charge on any atom is 0.265 e. The predicted molar refractivity (Wildman–Crippen MR) is 39.6 cm³/mol. The molecule has 1 amide bonds. The normalized spacial score (nSPS) is 16.5. The van der Waals surface area contributed by atoms with E-state index in [9.17, 15) is 4.79 Å². The van der Waals surface area contributed by atoms with Crippen LogP contribution in [0.25, 0.3) is 0 Å². The van der Waals surface area contributed by atoms with E-state index in [0.717, 1.165) is 0 Å². The van der Waals surface area contributed by atoms with Gasteiger partial charge in [-0.25, -0.2) is 5.43 Å². The predicted octanol–water partition coefficient (Wildman–Crippen LogP) is 0.453. The van der Waals surface area contributed by atoms with Gasteiger partial charge in [0.15, 0.2) is 0 Å². The molecule has 0 atom stereocenters. The van der Waals surface area contributed by atoms with Gasteiger partial charge in [-0.05, 0) is 0 Å².